The van der Waals surface area contributed by atoms with E-state index in [0.29, 0.717) is 0 Å². The molecule has 0 rings (SSSR count). The van der Waals surface area contributed by atoms with Crippen molar-refractivity contribution in [2.24, 2.45) is 5.92 Å². The van der Waals surface area contributed by atoms with E-state index >= 15 is 0 Å². The Kier molecular flexibility index (Phi) is 5.25. The van der Waals surface area contributed by atoms with E-state index in [0.717, 1.165) is 0 Å². The van der Waals surface area contributed by atoms with E-state index < -0.39 is 18.1 Å². The van der Waals surface area contributed by atoms with Crippen LogP contribution in [0.5, 0.6) is 0 Å². The van der Waals surface area contributed by atoms with Crippen molar-refractivity contribution in [3.8, 4) is 0 Å². The molecule has 0 aromatic rings. The van der Waals surface area contributed by atoms with Crippen LogP contribution >= 0.6 is 0 Å². The van der Waals surface area contributed by atoms with E-state index in [1.54, 1.807) is 14.0 Å². The maximum atomic E-state index is 12.0. The number of rotatable bonds is 5. The number of carbonyl (C=O) groups excluding carboxylic acids is 2. The fourth-order valence-electron chi connectivity index (χ4n) is 1.53. The first-order chi connectivity index (χ1) is 7.86. The summed E-state index contributed by atoms with van der Waals surface area (Å²) < 4.78 is 11.7. The van der Waals surface area contributed by atoms with Crippen LogP contribution in [0.4, 0.5) is 0 Å². The number of esters is 1. The van der Waals surface area contributed by atoms with Gasteiger partial charge in [0.15, 0.2) is 0 Å². The normalized spacial score (nSPS) is 15.2. The third-order valence-electron chi connectivity index (χ3n) is 2.52. The lowest BCUT2D eigenvalue weighted by Gasteiger charge is -2.30. The minimum Gasteiger partial charge on any atom is -0.467 e. The molecule has 1 N–H and O–H groups in total. The molecule has 0 bridgehead atoms. The van der Waals surface area contributed by atoms with E-state index in [1.165, 1.54) is 12.0 Å². The minimum absolute atomic E-state index is 0.0281. The van der Waals surface area contributed by atoms with Crippen molar-refractivity contribution < 1.29 is 15.7 Å². The number of hydrogen-bond acceptors (Lipinski definition) is 4. The van der Waals surface area contributed by atoms with E-state index in [4.69, 9.17) is 6.11 Å². The molecule has 0 aromatic carbocycles. The monoisotopic (exact) mass is 231 g/mol. The molecule has 2 atom stereocenters. The van der Waals surface area contributed by atoms with Crippen LogP contribution in [0.1, 0.15) is 22.1 Å². The lowest BCUT2D eigenvalue weighted by Crippen LogP contribution is -2.51. The quantitative estimate of drug-likeness (QED) is 0.689. The SMILES string of the molecule is [2H]CN[C@@H](C)C(=O)N(C)[C@H](C(=O)OC)C(C)C. The van der Waals surface area contributed by atoms with Crippen molar-refractivity contribution in [3.05, 3.63) is 0 Å². The predicted molar refractivity (Wildman–Crippen MR) is 61.9 cm³/mol. The molecule has 0 aliphatic rings. The van der Waals surface area contributed by atoms with Gasteiger partial charge in [0, 0.05) is 8.42 Å². The van der Waals surface area contributed by atoms with Crippen LogP contribution in [0, 0.1) is 5.92 Å². The van der Waals surface area contributed by atoms with Gasteiger partial charge in [0.2, 0.25) is 5.91 Å². The number of nitrogens with zero attached hydrogens (tertiary/aromatic N) is 1. The Morgan fingerprint density at radius 3 is 2.31 bits per heavy atom. The van der Waals surface area contributed by atoms with Gasteiger partial charge in [-0.3, -0.25) is 4.79 Å². The first-order valence-electron chi connectivity index (χ1n) is 5.94. The van der Waals surface area contributed by atoms with Gasteiger partial charge in [-0.15, -0.1) is 0 Å². The maximum Gasteiger partial charge on any atom is 0.328 e. The molecule has 16 heavy (non-hydrogen) atoms. The number of carbonyl (C=O) groups is 2. The van der Waals surface area contributed by atoms with Crippen molar-refractivity contribution in [1.82, 2.24) is 10.2 Å². The first-order valence-corrected chi connectivity index (χ1v) is 5.23. The number of likely N-dealkylation sites (N-methyl/N-ethyl adjacent to an activating group) is 2. The molecule has 0 aliphatic heterocycles. The molecule has 0 saturated carbocycles. The Hall–Kier alpha value is -1.10. The second-order valence-corrected chi connectivity index (χ2v) is 4.09. The fraction of sp³-hybridized carbons (Fsp3) is 0.818. The Morgan fingerprint density at radius 2 is 1.94 bits per heavy atom. The zero-order valence-electron chi connectivity index (χ0n) is 11.6. The standard InChI is InChI=1S/C11H22N2O3/c1-7(2)9(11(15)16-6)13(5)10(14)8(3)12-4/h7-9,12H,1-6H3/t8-,9-/m0/s1/i4D. The second kappa shape index (κ2) is 6.48. The van der Waals surface area contributed by atoms with Crippen molar-refractivity contribution in [1.29, 1.82) is 0 Å². The predicted octanol–water partition coefficient (Wildman–Crippen LogP) is 0.250. The smallest absolute Gasteiger partial charge is 0.328 e. The molecule has 0 fully saturated rings. The zero-order chi connectivity index (χ0) is 13.6. The van der Waals surface area contributed by atoms with Crippen LogP contribution in [-0.4, -0.2) is 50.0 Å². The third-order valence-corrected chi connectivity index (χ3v) is 2.52. The maximum absolute atomic E-state index is 12.0. The molecule has 1 amide bonds. The summed E-state index contributed by atoms with van der Waals surface area (Å²) in [6.07, 6.45) is 0. The molecule has 0 heterocycles. The van der Waals surface area contributed by atoms with Crippen molar-refractivity contribution >= 4 is 11.9 Å². The zero-order valence-corrected chi connectivity index (χ0v) is 10.6. The summed E-state index contributed by atoms with van der Waals surface area (Å²) in [5.74, 6) is -0.671. The minimum atomic E-state index is -0.595. The fourth-order valence-corrected chi connectivity index (χ4v) is 1.53. The molecular formula is C11H22N2O3. The molecule has 5 nitrogen and oxygen atoms in total. The van der Waals surface area contributed by atoms with E-state index in [2.05, 4.69) is 5.32 Å². The summed E-state index contributed by atoms with van der Waals surface area (Å²) in [4.78, 5) is 25.0. The van der Waals surface area contributed by atoms with Gasteiger partial charge in [-0.05, 0) is 19.9 Å². The Labute approximate surface area is 98.5 Å². The highest BCUT2D eigenvalue weighted by atomic mass is 16.5. The Bertz CT molecular complexity index is 271. The molecule has 0 spiro atoms. The molecule has 94 valence electrons. The number of methoxy groups -OCH3 is 1. The molecule has 0 aliphatic carbocycles. The van der Waals surface area contributed by atoms with Gasteiger partial charge >= 0.3 is 5.97 Å². The molecular weight excluding hydrogens is 208 g/mol. The third kappa shape index (κ3) is 3.48. The van der Waals surface area contributed by atoms with Gasteiger partial charge in [-0.1, -0.05) is 13.8 Å². The molecule has 0 saturated heterocycles. The molecule has 0 aromatic heterocycles. The Morgan fingerprint density at radius 1 is 1.38 bits per heavy atom. The highest BCUT2D eigenvalue weighted by Crippen LogP contribution is 2.12. The summed E-state index contributed by atoms with van der Waals surface area (Å²) in [6.45, 7) is 5.38. The average molecular weight is 231 g/mol. The lowest BCUT2D eigenvalue weighted by atomic mass is 10.0. The summed E-state index contributed by atoms with van der Waals surface area (Å²) in [7, 11) is 2.85. The lowest BCUT2D eigenvalue weighted by molar-refractivity contribution is -0.154. The molecule has 5 heteroatoms. The van der Waals surface area contributed by atoms with Crippen LogP contribution in [0.25, 0.3) is 0 Å². The summed E-state index contributed by atoms with van der Waals surface area (Å²) in [6, 6.07) is -1.08. The van der Waals surface area contributed by atoms with Gasteiger partial charge in [-0.25, -0.2) is 4.79 Å². The van der Waals surface area contributed by atoms with Crippen molar-refractivity contribution in [2.45, 2.75) is 32.9 Å². The number of ether oxygens (including phenoxy) is 1. The van der Waals surface area contributed by atoms with Crippen LogP contribution in [0.15, 0.2) is 0 Å². The van der Waals surface area contributed by atoms with Crippen LogP contribution < -0.4 is 5.32 Å². The number of nitrogens with one attached hydrogen (secondary N) is 1. The summed E-state index contributed by atoms with van der Waals surface area (Å²) in [5, 5.41) is 2.70. The largest absolute Gasteiger partial charge is 0.467 e. The van der Waals surface area contributed by atoms with Crippen LogP contribution in [0.3, 0.4) is 0 Å². The first kappa shape index (κ1) is 13.0. The van der Waals surface area contributed by atoms with Crippen LogP contribution in [0.2, 0.25) is 0 Å². The highest BCUT2D eigenvalue weighted by molar-refractivity contribution is 5.87. The number of amides is 1. The topological polar surface area (TPSA) is 58.6 Å². The van der Waals surface area contributed by atoms with Crippen molar-refractivity contribution in [2.75, 3.05) is 21.2 Å². The van der Waals surface area contributed by atoms with Gasteiger partial charge in [-0.2, -0.15) is 0 Å². The van der Waals surface area contributed by atoms with Gasteiger partial charge in [0.25, 0.3) is 0 Å². The molecule has 0 unspecified atom stereocenters. The van der Waals surface area contributed by atoms with E-state index in [9.17, 15) is 9.59 Å². The van der Waals surface area contributed by atoms with Crippen molar-refractivity contribution in [3.63, 3.8) is 0 Å². The average Bonchev–Trinajstić information content (AvgIpc) is 2.27. The van der Waals surface area contributed by atoms with Gasteiger partial charge in [0.05, 0.1) is 13.2 Å². The van der Waals surface area contributed by atoms with Gasteiger partial charge < -0.3 is 15.0 Å². The molecule has 0 radical (unpaired) electrons. The summed E-state index contributed by atoms with van der Waals surface area (Å²) in [5.41, 5.74) is 0. The Balaban J connectivity index is 4.78. The summed E-state index contributed by atoms with van der Waals surface area (Å²) >= 11 is 0. The van der Waals surface area contributed by atoms with E-state index in [-0.39, 0.29) is 18.8 Å². The highest BCUT2D eigenvalue weighted by Gasteiger charge is 2.32. The van der Waals surface area contributed by atoms with E-state index in [1.807, 2.05) is 13.8 Å². The van der Waals surface area contributed by atoms with Gasteiger partial charge in [0.1, 0.15) is 6.04 Å². The number of hydrogen-bond donors (Lipinski definition) is 1. The second-order valence-electron chi connectivity index (χ2n) is 4.09. The van der Waals surface area contributed by atoms with Crippen LogP contribution in [-0.2, 0) is 14.3 Å².